The van der Waals surface area contributed by atoms with Gasteiger partial charge in [0.2, 0.25) is 0 Å². The summed E-state index contributed by atoms with van der Waals surface area (Å²) in [5, 5.41) is 17.2. The molecule has 0 saturated carbocycles. The van der Waals surface area contributed by atoms with Gasteiger partial charge in [-0.05, 0) is 43.3 Å². The lowest BCUT2D eigenvalue weighted by Gasteiger charge is -2.29. The van der Waals surface area contributed by atoms with E-state index in [1.54, 1.807) is 13.2 Å². The molecule has 1 N–H and O–H groups in total. The Morgan fingerprint density at radius 1 is 1.21 bits per heavy atom. The summed E-state index contributed by atoms with van der Waals surface area (Å²) >= 11 is 0. The third kappa shape index (κ3) is 4.74. The zero-order chi connectivity index (χ0) is 24.1. The summed E-state index contributed by atoms with van der Waals surface area (Å²) in [5.74, 6) is 0.699. The summed E-state index contributed by atoms with van der Waals surface area (Å²) in [4.78, 5) is 17.7. The molecular weight excluding hydrogens is 434 g/mol. The number of aromatic nitrogens is 2. The molecule has 0 aliphatic carbocycles. The number of benzene rings is 2. The highest BCUT2D eigenvalue weighted by molar-refractivity contribution is 5.86. The van der Waals surface area contributed by atoms with E-state index >= 15 is 0 Å². The molecule has 3 aromatic rings. The number of ether oxygens (including phenoxy) is 2. The fraction of sp³-hybridized carbons (Fsp3) is 0.320. The summed E-state index contributed by atoms with van der Waals surface area (Å²) in [6, 6.07) is 15.0. The van der Waals surface area contributed by atoms with Crippen molar-refractivity contribution in [2.24, 2.45) is 5.16 Å². The first-order valence-electron chi connectivity index (χ1n) is 11.2. The van der Waals surface area contributed by atoms with E-state index in [-0.39, 0.29) is 5.56 Å². The van der Waals surface area contributed by atoms with Crippen LogP contribution in [-0.4, -0.2) is 68.2 Å². The molecule has 1 aliphatic rings. The molecule has 1 saturated heterocycles. The molecule has 0 unspecified atom stereocenters. The minimum absolute atomic E-state index is 0.261. The first-order valence-corrected chi connectivity index (χ1v) is 11.2. The zero-order valence-electron chi connectivity index (χ0n) is 19.6. The standard InChI is InChI=1S/C25H29N5O4/c1-4-28(2)24-16-22(18-6-5-7-21(14-18)33-3)27-30(25(24)31)23-15-20(9-8-19(23)17-26-32)29-10-12-34-13-11-29/h5-9,14-17,32H,4,10-13H2,1-3H3. The van der Waals surface area contributed by atoms with Crippen molar-refractivity contribution in [3.8, 4) is 22.7 Å². The summed E-state index contributed by atoms with van der Waals surface area (Å²) < 4.78 is 12.2. The van der Waals surface area contributed by atoms with Gasteiger partial charge in [0.1, 0.15) is 11.4 Å². The maximum atomic E-state index is 13.6. The predicted molar refractivity (Wildman–Crippen MR) is 133 cm³/mol. The van der Waals surface area contributed by atoms with Gasteiger partial charge >= 0.3 is 0 Å². The van der Waals surface area contributed by atoms with Crippen molar-refractivity contribution < 1.29 is 14.7 Å². The Labute approximate surface area is 198 Å². The lowest BCUT2D eigenvalue weighted by Crippen LogP contribution is -2.36. The largest absolute Gasteiger partial charge is 0.497 e. The number of rotatable bonds is 7. The van der Waals surface area contributed by atoms with Crippen LogP contribution in [0.1, 0.15) is 12.5 Å². The number of morpholine rings is 1. The van der Waals surface area contributed by atoms with Gasteiger partial charge in [0.25, 0.3) is 5.56 Å². The highest BCUT2D eigenvalue weighted by atomic mass is 16.5. The van der Waals surface area contributed by atoms with Crippen molar-refractivity contribution in [2.45, 2.75) is 6.92 Å². The summed E-state index contributed by atoms with van der Waals surface area (Å²) in [7, 11) is 3.48. The normalized spacial score (nSPS) is 13.9. The lowest BCUT2D eigenvalue weighted by atomic mass is 10.1. The minimum Gasteiger partial charge on any atom is -0.497 e. The van der Waals surface area contributed by atoms with Crippen LogP contribution in [0, 0.1) is 0 Å². The molecule has 2 heterocycles. The van der Waals surface area contributed by atoms with E-state index in [1.807, 2.05) is 61.3 Å². The first-order chi connectivity index (χ1) is 16.5. The molecule has 0 amide bonds. The molecule has 0 bridgehead atoms. The summed E-state index contributed by atoms with van der Waals surface area (Å²) in [5.41, 5.74) is 3.74. The molecule has 1 aliphatic heterocycles. The van der Waals surface area contributed by atoms with E-state index in [2.05, 4.69) is 10.1 Å². The van der Waals surface area contributed by atoms with Crippen LogP contribution in [0.2, 0.25) is 0 Å². The van der Waals surface area contributed by atoms with E-state index < -0.39 is 0 Å². The van der Waals surface area contributed by atoms with E-state index in [0.29, 0.717) is 48.1 Å². The van der Waals surface area contributed by atoms with Crippen LogP contribution in [-0.2, 0) is 4.74 Å². The van der Waals surface area contributed by atoms with Crippen molar-refractivity contribution in [1.82, 2.24) is 9.78 Å². The Balaban J connectivity index is 1.94. The average Bonchev–Trinajstić information content (AvgIpc) is 2.89. The van der Waals surface area contributed by atoms with E-state index in [1.165, 1.54) is 10.9 Å². The number of oxime groups is 1. The third-order valence-electron chi connectivity index (χ3n) is 5.96. The Bertz CT molecular complexity index is 1230. The van der Waals surface area contributed by atoms with Gasteiger partial charge in [0, 0.05) is 43.5 Å². The fourth-order valence-electron chi connectivity index (χ4n) is 3.92. The maximum absolute atomic E-state index is 13.6. The lowest BCUT2D eigenvalue weighted by molar-refractivity contribution is 0.122. The fourth-order valence-corrected chi connectivity index (χ4v) is 3.92. The predicted octanol–water partition coefficient (Wildman–Crippen LogP) is 3.01. The summed E-state index contributed by atoms with van der Waals surface area (Å²) in [6.45, 7) is 5.42. The van der Waals surface area contributed by atoms with Gasteiger partial charge in [-0.2, -0.15) is 9.78 Å². The van der Waals surface area contributed by atoms with Gasteiger partial charge in [-0.15, -0.1) is 0 Å². The monoisotopic (exact) mass is 463 g/mol. The Hall–Kier alpha value is -3.85. The SMILES string of the molecule is CCN(C)c1cc(-c2cccc(OC)c2)nn(-c2cc(N3CCOCC3)ccc2C=NO)c1=O. The van der Waals surface area contributed by atoms with Crippen molar-refractivity contribution in [3.63, 3.8) is 0 Å². The van der Waals surface area contributed by atoms with E-state index in [4.69, 9.17) is 14.6 Å². The second-order valence-electron chi connectivity index (χ2n) is 7.97. The zero-order valence-corrected chi connectivity index (χ0v) is 19.6. The molecule has 34 heavy (non-hydrogen) atoms. The second-order valence-corrected chi connectivity index (χ2v) is 7.97. The molecule has 0 spiro atoms. The quantitative estimate of drug-likeness (QED) is 0.327. The molecular formula is C25H29N5O4. The molecule has 9 heteroatoms. The number of anilines is 2. The van der Waals surface area contributed by atoms with Gasteiger partial charge in [-0.25, -0.2) is 0 Å². The van der Waals surface area contributed by atoms with Crippen LogP contribution in [0.25, 0.3) is 16.9 Å². The molecule has 1 aromatic heterocycles. The van der Waals surface area contributed by atoms with Gasteiger partial charge in [-0.3, -0.25) is 4.79 Å². The Morgan fingerprint density at radius 2 is 2.00 bits per heavy atom. The third-order valence-corrected chi connectivity index (χ3v) is 5.96. The van der Waals surface area contributed by atoms with Crippen LogP contribution in [0.5, 0.6) is 5.75 Å². The van der Waals surface area contributed by atoms with Crippen LogP contribution < -0.4 is 20.1 Å². The molecule has 4 rings (SSSR count). The molecule has 1 fully saturated rings. The molecule has 0 radical (unpaired) electrons. The van der Waals surface area contributed by atoms with Crippen LogP contribution in [0.3, 0.4) is 0 Å². The van der Waals surface area contributed by atoms with Crippen LogP contribution in [0.4, 0.5) is 11.4 Å². The second kappa shape index (κ2) is 10.4. The maximum Gasteiger partial charge on any atom is 0.295 e. The Morgan fingerprint density at radius 3 is 2.71 bits per heavy atom. The summed E-state index contributed by atoms with van der Waals surface area (Å²) in [6.07, 6.45) is 1.31. The topological polar surface area (TPSA) is 92.4 Å². The van der Waals surface area contributed by atoms with Crippen molar-refractivity contribution in [3.05, 3.63) is 64.4 Å². The number of nitrogens with zero attached hydrogens (tertiary/aromatic N) is 5. The first kappa shape index (κ1) is 23.3. The molecule has 2 aromatic carbocycles. The number of methoxy groups -OCH3 is 1. The van der Waals surface area contributed by atoms with Gasteiger partial charge in [0.15, 0.2) is 0 Å². The van der Waals surface area contributed by atoms with Gasteiger partial charge in [0.05, 0.1) is 37.9 Å². The highest BCUT2D eigenvalue weighted by Gasteiger charge is 2.19. The molecule has 0 atom stereocenters. The van der Waals surface area contributed by atoms with E-state index in [9.17, 15) is 10.0 Å². The minimum atomic E-state index is -0.261. The highest BCUT2D eigenvalue weighted by Crippen LogP contribution is 2.27. The Kier molecular flexibility index (Phi) is 7.12. The van der Waals surface area contributed by atoms with Gasteiger partial charge < -0.3 is 24.5 Å². The van der Waals surface area contributed by atoms with Crippen LogP contribution >= 0.6 is 0 Å². The average molecular weight is 464 g/mol. The van der Waals surface area contributed by atoms with Gasteiger partial charge in [-0.1, -0.05) is 17.3 Å². The smallest absolute Gasteiger partial charge is 0.295 e. The molecule has 9 nitrogen and oxygen atoms in total. The van der Waals surface area contributed by atoms with Crippen molar-refractivity contribution in [2.75, 3.05) is 56.8 Å². The van der Waals surface area contributed by atoms with Crippen molar-refractivity contribution in [1.29, 1.82) is 0 Å². The number of hydrogen-bond acceptors (Lipinski definition) is 8. The molecule has 178 valence electrons. The van der Waals surface area contributed by atoms with E-state index in [0.717, 1.165) is 24.3 Å². The van der Waals surface area contributed by atoms with Crippen molar-refractivity contribution >= 4 is 17.6 Å². The van der Waals surface area contributed by atoms with Crippen LogP contribution in [0.15, 0.2) is 58.5 Å². The number of hydrogen-bond donors (Lipinski definition) is 1.